The molecule has 0 saturated carbocycles. The molecule has 118 valence electrons. The summed E-state index contributed by atoms with van der Waals surface area (Å²) in [5.41, 5.74) is 0.602. The first-order valence-corrected chi connectivity index (χ1v) is 9.32. The first kappa shape index (κ1) is 16.5. The van der Waals surface area contributed by atoms with Gasteiger partial charge < -0.3 is 4.74 Å². The third-order valence-corrected chi connectivity index (χ3v) is 7.46. The molecule has 7 heteroatoms. The van der Waals surface area contributed by atoms with Gasteiger partial charge in [0.2, 0.25) is 10.0 Å². The molecule has 2 atom stereocenters. The standard InChI is InChI=1S/C14H21NO4S2/c1-9-8-20-12(14(16)19-4)13(9)21(17,18)15-10(2)6-5-7-11(15)3/h8,10-11H,5-7H2,1-4H3. The van der Waals surface area contributed by atoms with E-state index in [9.17, 15) is 13.2 Å². The first-order valence-electron chi connectivity index (χ1n) is 7.00. The van der Waals surface area contributed by atoms with Gasteiger partial charge in [-0.3, -0.25) is 0 Å². The number of piperidine rings is 1. The maximum Gasteiger partial charge on any atom is 0.349 e. The van der Waals surface area contributed by atoms with Crippen molar-refractivity contribution in [2.75, 3.05) is 7.11 Å². The zero-order valence-electron chi connectivity index (χ0n) is 12.8. The highest BCUT2D eigenvalue weighted by Crippen LogP contribution is 2.35. The van der Waals surface area contributed by atoms with Gasteiger partial charge >= 0.3 is 5.97 Å². The molecule has 1 saturated heterocycles. The van der Waals surface area contributed by atoms with E-state index in [4.69, 9.17) is 4.74 Å². The van der Waals surface area contributed by atoms with Crippen LogP contribution in [-0.4, -0.2) is 37.9 Å². The lowest BCUT2D eigenvalue weighted by Gasteiger charge is -2.37. The van der Waals surface area contributed by atoms with E-state index in [1.807, 2.05) is 13.8 Å². The average molecular weight is 331 g/mol. The minimum absolute atomic E-state index is 0.0523. The second-order valence-electron chi connectivity index (χ2n) is 5.53. The Kier molecular flexibility index (Phi) is 4.75. The van der Waals surface area contributed by atoms with Gasteiger partial charge in [-0.05, 0) is 44.6 Å². The topological polar surface area (TPSA) is 63.7 Å². The Morgan fingerprint density at radius 1 is 1.33 bits per heavy atom. The van der Waals surface area contributed by atoms with Crippen LogP contribution in [0.3, 0.4) is 0 Å². The molecule has 0 radical (unpaired) electrons. The molecule has 0 aromatic carbocycles. The largest absolute Gasteiger partial charge is 0.465 e. The highest BCUT2D eigenvalue weighted by Gasteiger charge is 2.39. The van der Waals surface area contributed by atoms with E-state index in [0.717, 1.165) is 30.6 Å². The minimum Gasteiger partial charge on any atom is -0.465 e. The number of hydrogen-bond acceptors (Lipinski definition) is 5. The number of thiophene rings is 1. The van der Waals surface area contributed by atoms with Crippen LogP contribution in [0.15, 0.2) is 10.3 Å². The average Bonchev–Trinajstić information content (AvgIpc) is 2.80. The van der Waals surface area contributed by atoms with Crippen LogP contribution < -0.4 is 0 Å². The maximum absolute atomic E-state index is 13.1. The van der Waals surface area contributed by atoms with E-state index in [1.165, 1.54) is 7.11 Å². The molecule has 1 aliphatic heterocycles. The second kappa shape index (κ2) is 6.06. The lowest BCUT2D eigenvalue weighted by Crippen LogP contribution is -2.47. The first-order chi connectivity index (χ1) is 9.80. The molecule has 0 aliphatic carbocycles. The smallest absolute Gasteiger partial charge is 0.349 e. The molecule has 5 nitrogen and oxygen atoms in total. The van der Waals surface area contributed by atoms with E-state index in [1.54, 1.807) is 16.6 Å². The molecule has 1 aliphatic rings. The molecular formula is C14H21NO4S2. The normalized spacial score (nSPS) is 24.0. The molecule has 1 aromatic heterocycles. The zero-order chi connectivity index (χ0) is 15.8. The van der Waals surface area contributed by atoms with Crippen LogP contribution in [0.2, 0.25) is 0 Å². The van der Waals surface area contributed by atoms with Crippen molar-refractivity contribution in [2.45, 2.75) is 57.0 Å². The molecule has 2 heterocycles. The summed E-state index contributed by atoms with van der Waals surface area (Å²) < 4.78 is 32.4. The number of methoxy groups -OCH3 is 1. The highest BCUT2D eigenvalue weighted by atomic mass is 32.2. The Balaban J connectivity index is 2.54. The van der Waals surface area contributed by atoms with E-state index in [-0.39, 0.29) is 21.9 Å². The zero-order valence-corrected chi connectivity index (χ0v) is 14.4. The summed E-state index contributed by atoms with van der Waals surface area (Å²) in [6, 6.07) is -0.105. The molecule has 21 heavy (non-hydrogen) atoms. The van der Waals surface area contributed by atoms with Gasteiger partial charge in [-0.2, -0.15) is 4.31 Å². The number of nitrogens with zero attached hydrogens (tertiary/aromatic N) is 1. The van der Waals surface area contributed by atoms with Crippen LogP contribution >= 0.6 is 11.3 Å². The van der Waals surface area contributed by atoms with Gasteiger partial charge in [0.25, 0.3) is 0 Å². The van der Waals surface area contributed by atoms with Crippen molar-refractivity contribution in [3.05, 3.63) is 15.8 Å². The Morgan fingerprint density at radius 3 is 2.43 bits per heavy atom. The SMILES string of the molecule is COC(=O)c1scc(C)c1S(=O)(=O)N1C(C)CCCC1C. The number of sulfonamides is 1. The van der Waals surface area contributed by atoms with Crippen molar-refractivity contribution < 1.29 is 17.9 Å². The molecule has 0 bridgehead atoms. The van der Waals surface area contributed by atoms with Crippen LogP contribution in [0, 0.1) is 6.92 Å². The molecule has 0 amide bonds. The number of carbonyl (C=O) groups is 1. The number of rotatable bonds is 3. The molecule has 2 unspecified atom stereocenters. The summed E-state index contributed by atoms with van der Waals surface area (Å²) in [6.45, 7) is 5.56. The maximum atomic E-state index is 13.1. The fourth-order valence-corrected chi connectivity index (χ4v) is 6.51. The molecule has 2 rings (SSSR count). The molecule has 0 N–H and O–H groups in total. The van der Waals surface area contributed by atoms with Gasteiger partial charge in [-0.15, -0.1) is 11.3 Å². The Bertz CT molecular complexity index is 625. The Hall–Kier alpha value is -0.920. The van der Waals surface area contributed by atoms with Crippen LogP contribution in [0.25, 0.3) is 0 Å². The quantitative estimate of drug-likeness (QED) is 0.799. The minimum atomic E-state index is -3.69. The number of aryl methyl sites for hydroxylation is 1. The second-order valence-corrected chi connectivity index (χ2v) is 8.19. The van der Waals surface area contributed by atoms with E-state index in [2.05, 4.69) is 0 Å². The van der Waals surface area contributed by atoms with Gasteiger partial charge in [0, 0.05) is 12.1 Å². The molecular weight excluding hydrogens is 310 g/mol. The summed E-state index contributed by atoms with van der Waals surface area (Å²) in [7, 11) is -2.43. The molecule has 1 aromatic rings. The van der Waals surface area contributed by atoms with Crippen molar-refractivity contribution in [2.24, 2.45) is 0 Å². The van der Waals surface area contributed by atoms with E-state index < -0.39 is 16.0 Å². The van der Waals surface area contributed by atoms with Crippen LogP contribution in [0.4, 0.5) is 0 Å². The number of esters is 1. The van der Waals surface area contributed by atoms with E-state index >= 15 is 0 Å². The fourth-order valence-electron chi connectivity index (χ4n) is 2.96. The monoisotopic (exact) mass is 331 g/mol. The van der Waals surface area contributed by atoms with Crippen LogP contribution in [0.5, 0.6) is 0 Å². The number of carbonyl (C=O) groups excluding carboxylic acids is 1. The molecule has 1 fully saturated rings. The summed E-state index contributed by atoms with van der Waals surface area (Å²) in [5.74, 6) is -0.594. The predicted octanol–water partition coefficient (Wildman–Crippen LogP) is 2.79. The third-order valence-electron chi connectivity index (χ3n) is 3.94. The van der Waals surface area contributed by atoms with Gasteiger partial charge in [-0.25, -0.2) is 13.2 Å². The van der Waals surface area contributed by atoms with E-state index in [0.29, 0.717) is 5.56 Å². The van der Waals surface area contributed by atoms with Crippen LogP contribution in [0.1, 0.15) is 48.3 Å². The highest BCUT2D eigenvalue weighted by molar-refractivity contribution is 7.89. The Morgan fingerprint density at radius 2 is 1.90 bits per heavy atom. The molecule has 0 spiro atoms. The summed E-state index contributed by atoms with van der Waals surface area (Å²) >= 11 is 1.12. The third kappa shape index (κ3) is 2.86. The van der Waals surface area contributed by atoms with Crippen molar-refractivity contribution in [1.29, 1.82) is 0 Å². The van der Waals surface area contributed by atoms with Gasteiger partial charge in [-0.1, -0.05) is 6.42 Å². The van der Waals surface area contributed by atoms with Gasteiger partial charge in [0.1, 0.15) is 9.77 Å². The summed E-state index contributed by atoms with van der Waals surface area (Å²) in [5, 5.41) is 1.69. The summed E-state index contributed by atoms with van der Waals surface area (Å²) in [6.07, 6.45) is 2.72. The number of ether oxygens (including phenoxy) is 1. The van der Waals surface area contributed by atoms with Crippen molar-refractivity contribution in [1.82, 2.24) is 4.31 Å². The summed E-state index contributed by atoms with van der Waals surface area (Å²) in [4.78, 5) is 12.1. The number of hydrogen-bond donors (Lipinski definition) is 0. The van der Waals surface area contributed by atoms with Gasteiger partial charge in [0.05, 0.1) is 7.11 Å². The lowest BCUT2D eigenvalue weighted by atomic mass is 10.0. The van der Waals surface area contributed by atoms with Crippen molar-refractivity contribution in [3.8, 4) is 0 Å². The lowest BCUT2D eigenvalue weighted by molar-refractivity contribution is 0.0601. The van der Waals surface area contributed by atoms with Crippen molar-refractivity contribution in [3.63, 3.8) is 0 Å². The Labute approximate surface area is 130 Å². The fraction of sp³-hybridized carbons (Fsp3) is 0.643. The predicted molar refractivity (Wildman–Crippen MR) is 82.2 cm³/mol. The van der Waals surface area contributed by atoms with Crippen molar-refractivity contribution >= 4 is 27.3 Å². The van der Waals surface area contributed by atoms with Crippen LogP contribution in [-0.2, 0) is 14.8 Å². The van der Waals surface area contributed by atoms with Gasteiger partial charge in [0.15, 0.2) is 0 Å².